The van der Waals surface area contributed by atoms with Crippen molar-refractivity contribution in [1.82, 2.24) is 0 Å². The molecule has 0 aromatic carbocycles. The van der Waals surface area contributed by atoms with Crippen molar-refractivity contribution in [2.24, 2.45) is 11.8 Å². The van der Waals surface area contributed by atoms with Crippen LogP contribution in [0.15, 0.2) is 0 Å². The van der Waals surface area contributed by atoms with Gasteiger partial charge in [-0.3, -0.25) is 9.59 Å². The molecule has 0 fully saturated rings. The van der Waals surface area contributed by atoms with Gasteiger partial charge < -0.3 is 9.47 Å². The average Bonchev–Trinajstić information content (AvgIpc) is 2.25. The molecule has 0 saturated carbocycles. The molecule has 0 radical (unpaired) electrons. The van der Waals surface area contributed by atoms with E-state index in [1.807, 2.05) is 13.8 Å². The van der Waals surface area contributed by atoms with Gasteiger partial charge in [0.25, 0.3) is 5.60 Å². The van der Waals surface area contributed by atoms with Crippen LogP contribution in [0.3, 0.4) is 0 Å². The summed E-state index contributed by atoms with van der Waals surface area (Å²) >= 11 is 0. The molecule has 1 atom stereocenters. The Labute approximate surface area is 101 Å². The molecule has 0 aromatic heterocycles. The fraction of sp³-hybridized carbons (Fsp3) is 0.750. The molecule has 98 valence electrons. The predicted molar refractivity (Wildman–Crippen MR) is 61.2 cm³/mol. The quantitative estimate of drug-likeness (QED) is 0.400. The molecule has 0 amide bonds. The second-order valence-corrected chi connectivity index (χ2v) is 4.79. The fourth-order valence-electron chi connectivity index (χ4n) is 0.826. The van der Waals surface area contributed by atoms with Crippen molar-refractivity contribution in [3.63, 3.8) is 0 Å². The molecule has 0 spiro atoms. The minimum atomic E-state index is -1.85. The van der Waals surface area contributed by atoms with Crippen molar-refractivity contribution in [1.29, 1.82) is 0 Å². The Kier molecular flexibility index (Phi) is 5.85. The summed E-state index contributed by atoms with van der Waals surface area (Å²) in [5.74, 6) is -1.71. The van der Waals surface area contributed by atoms with Gasteiger partial charge >= 0.3 is 11.9 Å². The summed E-state index contributed by atoms with van der Waals surface area (Å²) in [5.41, 5.74) is -1.85. The van der Waals surface area contributed by atoms with Crippen molar-refractivity contribution in [2.45, 2.75) is 40.2 Å². The zero-order valence-electron chi connectivity index (χ0n) is 11.0. The van der Waals surface area contributed by atoms with E-state index in [9.17, 15) is 14.4 Å². The van der Waals surface area contributed by atoms with Crippen molar-refractivity contribution in [2.75, 3.05) is 6.61 Å². The molecule has 1 unspecified atom stereocenters. The van der Waals surface area contributed by atoms with Gasteiger partial charge in [0.15, 0.2) is 6.29 Å². The van der Waals surface area contributed by atoms with Gasteiger partial charge in [0, 0.05) is 0 Å². The van der Waals surface area contributed by atoms with Crippen LogP contribution in [0.25, 0.3) is 0 Å². The summed E-state index contributed by atoms with van der Waals surface area (Å²) in [4.78, 5) is 33.9. The Morgan fingerprint density at radius 3 is 2.12 bits per heavy atom. The highest BCUT2D eigenvalue weighted by atomic mass is 16.6. The van der Waals surface area contributed by atoms with E-state index in [1.54, 1.807) is 13.8 Å². The monoisotopic (exact) mass is 244 g/mol. The lowest BCUT2D eigenvalue weighted by Gasteiger charge is -2.23. The largest absolute Gasteiger partial charge is 0.462 e. The number of esters is 2. The fourth-order valence-corrected chi connectivity index (χ4v) is 0.826. The van der Waals surface area contributed by atoms with E-state index in [1.165, 1.54) is 6.92 Å². The molecule has 0 aliphatic heterocycles. The molecule has 0 aliphatic rings. The second kappa shape index (κ2) is 6.37. The number of hydrogen-bond donors (Lipinski definition) is 0. The van der Waals surface area contributed by atoms with Crippen LogP contribution in [0.1, 0.15) is 34.6 Å². The Bertz CT molecular complexity index is 295. The van der Waals surface area contributed by atoms with Gasteiger partial charge in [0.05, 0.1) is 12.5 Å². The van der Waals surface area contributed by atoms with Crippen LogP contribution < -0.4 is 0 Å². The van der Waals surface area contributed by atoms with Crippen LogP contribution >= 0.6 is 0 Å². The summed E-state index contributed by atoms with van der Waals surface area (Å²) in [6, 6.07) is 0. The number of ether oxygens (including phenoxy) is 2. The molecule has 0 bridgehead atoms. The average molecular weight is 244 g/mol. The highest BCUT2D eigenvalue weighted by Crippen LogP contribution is 2.13. The summed E-state index contributed by atoms with van der Waals surface area (Å²) in [7, 11) is 0. The summed E-state index contributed by atoms with van der Waals surface area (Å²) in [6.07, 6.45) is 0.288. The third-order valence-electron chi connectivity index (χ3n) is 1.96. The van der Waals surface area contributed by atoms with Gasteiger partial charge in [-0.1, -0.05) is 27.7 Å². The zero-order chi connectivity index (χ0) is 13.6. The smallest absolute Gasteiger partial charge is 0.357 e. The van der Waals surface area contributed by atoms with Crippen LogP contribution in [0.4, 0.5) is 0 Å². The minimum absolute atomic E-state index is 0.149. The molecular formula is C12H20O5. The number of hydrogen-bond acceptors (Lipinski definition) is 5. The topological polar surface area (TPSA) is 69.7 Å². The molecule has 0 aliphatic carbocycles. The minimum Gasteiger partial charge on any atom is -0.462 e. The number of carbonyl (C=O) groups is 3. The third-order valence-corrected chi connectivity index (χ3v) is 1.96. The maximum Gasteiger partial charge on any atom is 0.357 e. The van der Waals surface area contributed by atoms with E-state index in [4.69, 9.17) is 9.47 Å². The van der Waals surface area contributed by atoms with Gasteiger partial charge in [0.1, 0.15) is 0 Å². The van der Waals surface area contributed by atoms with Gasteiger partial charge in [-0.25, -0.2) is 4.79 Å². The lowest BCUT2D eigenvalue weighted by atomic mass is 10.1. The van der Waals surface area contributed by atoms with Crippen LogP contribution in [-0.4, -0.2) is 30.4 Å². The van der Waals surface area contributed by atoms with E-state index in [2.05, 4.69) is 0 Å². The number of rotatable bonds is 6. The summed E-state index contributed by atoms with van der Waals surface area (Å²) < 4.78 is 9.75. The summed E-state index contributed by atoms with van der Waals surface area (Å²) in [6.45, 7) is 8.38. The summed E-state index contributed by atoms with van der Waals surface area (Å²) in [5, 5.41) is 0. The van der Waals surface area contributed by atoms with Crippen LogP contribution in [-0.2, 0) is 23.9 Å². The van der Waals surface area contributed by atoms with Crippen molar-refractivity contribution in [3.8, 4) is 0 Å². The van der Waals surface area contributed by atoms with Crippen LogP contribution in [0.5, 0.6) is 0 Å². The zero-order valence-corrected chi connectivity index (χ0v) is 11.0. The van der Waals surface area contributed by atoms with Crippen LogP contribution in [0, 0.1) is 11.8 Å². The molecule has 0 heterocycles. The number of aldehydes is 1. The Hall–Kier alpha value is -1.39. The van der Waals surface area contributed by atoms with Crippen molar-refractivity contribution in [3.05, 3.63) is 0 Å². The first-order valence-electron chi connectivity index (χ1n) is 5.59. The van der Waals surface area contributed by atoms with E-state index in [0.717, 1.165) is 0 Å². The maximum atomic E-state index is 11.6. The molecule has 17 heavy (non-hydrogen) atoms. The van der Waals surface area contributed by atoms with Crippen molar-refractivity contribution >= 4 is 18.2 Å². The first-order chi connectivity index (χ1) is 7.73. The van der Waals surface area contributed by atoms with Crippen molar-refractivity contribution < 1.29 is 23.9 Å². The number of carbonyl (C=O) groups excluding carboxylic acids is 3. The van der Waals surface area contributed by atoms with E-state index < -0.39 is 23.5 Å². The molecule has 0 rings (SSSR count). The van der Waals surface area contributed by atoms with E-state index in [0.29, 0.717) is 0 Å². The molecule has 5 heteroatoms. The van der Waals surface area contributed by atoms with Gasteiger partial charge in [0.2, 0.25) is 0 Å². The SMILES string of the molecule is CC(C)COC(=O)C(C)(C=O)OC(=O)C(C)C. The molecule has 0 N–H and O–H groups in total. The highest BCUT2D eigenvalue weighted by molar-refractivity contribution is 5.98. The Morgan fingerprint density at radius 1 is 1.24 bits per heavy atom. The molecule has 0 aromatic rings. The van der Waals surface area contributed by atoms with E-state index in [-0.39, 0.29) is 18.8 Å². The highest BCUT2D eigenvalue weighted by Gasteiger charge is 2.39. The first kappa shape index (κ1) is 15.6. The first-order valence-corrected chi connectivity index (χ1v) is 5.59. The predicted octanol–water partition coefficient (Wildman–Crippen LogP) is 1.34. The lowest BCUT2D eigenvalue weighted by molar-refractivity contribution is -0.182. The van der Waals surface area contributed by atoms with Gasteiger partial charge in [-0.15, -0.1) is 0 Å². The third kappa shape index (κ3) is 4.97. The molecular weight excluding hydrogens is 224 g/mol. The standard InChI is InChI=1S/C12H20O5/c1-8(2)6-16-11(15)12(5,7-13)17-10(14)9(3)4/h7-9H,6H2,1-5H3. The Morgan fingerprint density at radius 2 is 1.76 bits per heavy atom. The Balaban J connectivity index is 4.60. The van der Waals surface area contributed by atoms with Gasteiger partial charge in [-0.05, 0) is 12.8 Å². The second-order valence-electron chi connectivity index (χ2n) is 4.79. The van der Waals surface area contributed by atoms with Crippen LogP contribution in [0.2, 0.25) is 0 Å². The lowest BCUT2D eigenvalue weighted by Crippen LogP contribution is -2.44. The molecule has 5 nitrogen and oxygen atoms in total. The normalized spacial score (nSPS) is 14.3. The van der Waals surface area contributed by atoms with Gasteiger partial charge in [-0.2, -0.15) is 0 Å². The maximum absolute atomic E-state index is 11.6. The van der Waals surface area contributed by atoms with E-state index >= 15 is 0 Å². The molecule has 0 saturated heterocycles.